The number of hydrogen-bond donors (Lipinski definition) is 2. The number of rotatable bonds is 5. The van der Waals surface area contributed by atoms with E-state index in [0.29, 0.717) is 12.8 Å². The maximum absolute atomic E-state index is 9.90. The number of ether oxygens (including phenoxy) is 2. The second-order valence-corrected chi connectivity index (χ2v) is 2.81. The summed E-state index contributed by atoms with van der Waals surface area (Å²) in [5.41, 5.74) is 0. The van der Waals surface area contributed by atoms with Crippen molar-refractivity contribution < 1.29 is 29.3 Å². The molecule has 0 aromatic rings. The van der Waals surface area contributed by atoms with E-state index in [1.165, 1.54) is 25.0 Å². The van der Waals surface area contributed by atoms with Crippen LogP contribution in [0.1, 0.15) is 25.7 Å². The van der Waals surface area contributed by atoms with E-state index < -0.39 is 11.9 Å². The molecule has 0 aromatic carbocycles. The highest BCUT2D eigenvalue weighted by atomic mass is 16.5. The van der Waals surface area contributed by atoms with Crippen molar-refractivity contribution >= 4 is 11.9 Å². The molecule has 0 unspecified atom stereocenters. The quantitative estimate of drug-likeness (QED) is 0.698. The number of aliphatic carboxylic acids is 2. The molecule has 0 fully saturated rings. The van der Waals surface area contributed by atoms with Gasteiger partial charge in [0, 0.05) is 12.8 Å². The topological polar surface area (TPSA) is 93.1 Å². The van der Waals surface area contributed by atoms with Gasteiger partial charge in [-0.3, -0.25) is 9.59 Å². The molecule has 6 nitrogen and oxygen atoms in total. The van der Waals surface area contributed by atoms with Crippen LogP contribution in [0.2, 0.25) is 0 Å². The lowest BCUT2D eigenvalue weighted by Gasteiger charge is -1.94. The first kappa shape index (κ1) is 14.0. The summed E-state index contributed by atoms with van der Waals surface area (Å²) in [7, 11) is 0. The summed E-state index contributed by atoms with van der Waals surface area (Å²) in [6, 6.07) is 0. The average molecular weight is 230 g/mol. The van der Waals surface area contributed by atoms with E-state index in [4.69, 9.17) is 10.2 Å². The molecule has 0 radical (unpaired) electrons. The van der Waals surface area contributed by atoms with Crippen molar-refractivity contribution in [2.24, 2.45) is 0 Å². The van der Waals surface area contributed by atoms with Gasteiger partial charge in [0.25, 0.3) is 0 Å². The van der Waals surface area contributed by atoms with Crippen LogP contribution in [-0.2, 0) is 19.1 Å². The van der Waals surface area contributed by atoms with Crippen LogP contribution in [0.15, 0.2) is 25.0 Å². The van der Waals surface area contributed by atoms with Gasteiger partial charge >= 0.3 is 11.9 Å². The standard InChI is InChI=1S/C6H10O4.C4H4O2/c7-5(8)3-1-2-4-6(9)10;1-2-6-4-3-5-1/h1-4H2,(H,7,8)(H,9,10);1-4H. The van der Waals surface area contributed by atoms with Gasteiger partial charge in [0.05, 0.1) is 0 Å². The molecule has 0 aromatic heterocycles. The molecule has 0 aliphatic carbocycles. The van der Waals surface area contributed by atoms with Crippen molar-refractivity contribution in [2.45, 2.75) is 25.7 Å². The van der Waals surface area contributed by atoms with Crippen molar-refractivity contribution in [1.82, 2.24) is 0 Å². The lowest BCUT2D eigenvalue weighted by Crippen LogP contribution is -1.97. The molecule has 1 heterocycles. The molecule has 0 amide bonds. The SMILES string of the molecule is C1=COC=CO1.O=C(O)CCCCC(=O)O. The zero-order chi connectivity index (χ0) is 12.2. The Morgan fingerprint density at radius 2 is 1.12 bits per heavy atom. The Labute approximate surface area is 92.8 Å². The van der Waals surface area contributed by atoms with Crippen LogP contribution in [0, 0.1) is 0 Å². The minimum absolute atomic E-state index is 0.0628. The summed E-state index contributed by atoms with van der Waals surface area (Å²) in [6.07, 6.45) is 6.85. The van der Waals surface area contributed by atoms with Crippen molar-refractivity contribution in [1.29, 1.82) is 0 Å². The minimum atomic E-state index is -0.870. The van der Waals surface area contributed by atoms with E-state index in [9.17, 15) is 9.59 Å². The number of hydrogen-bond acceptors (Lipinski definition) is 4. The molecule has 1 rings (SSSR count). The van der Waals surface area contributed by atoms with E-state index in [-0.39, 0.29) is 12.8 Å². The second-order valence-electron chi connectivity index (χ2n) is 2.81. The molecule has 1 aliphatic heterocycles. The summed E-state index contributed by atoms with van der Waals surface area (Å²) >= 11 is 0. The molecule has 0 atom stereocenters. The van der Waals surface area contributed by atoms with Gasteiger partial charge in [0.1, 0.15) is 25.0 Å². The largest absolute Gasteiger partial charge is 0.481 e. The van der Waals surface area contributed by atoms with Gasteiger partial charge in [0.2, 0.25) is 0 Å². The Morgan fingerprint density at radius 3 is 1.31 bits per heavy atom. The fraction of sp³-hybridized carbons (Fsp3) is 0.400. The molecule has 6 heteroatoms. The van der Waals surface area contributed by atoms with E-state index >= 15 is 0 Å². The lowest BCUT2D eigenvalue weighted by molar-refractivity contribution is -0.139. The van der Waals surface area contributed by atoms with Crippen molar-refractivity contribution in [3.8, 4) is 0 Å². The molecule has 90 valence electrons. The first-order chi connectivity index (χ1) is 7.63. The Kier molecular flexibility index (Phi) is 8.39. The molecule has 0 saturated heterocycles. The van der Waals surface area contributed by atoms with Crippen LogP contribution in [0.3, 0.4) is 0 Å². The van der Waals surface area contributed by atoms with Gasteiger partial charge in [-0.1, -0.05) is 0 Å². The van der Waals surface area contributed by atoms with Gasteiger partial charge in [-0.05, 0) is 12.8 Å². The van der Waals surface area contributed by atoms with Crippen LogP contribution in [0.4, 0.5) is 0 Å². The molecule has 2 N–H and O–H groups in total. The number of unbranched alkanes of at least 4 members (excludes halogenated alkanes) is 1. The minimum Gasteiger partial charge on any atom is -0.481 e. The van der Waals surface area contributed by atoms with E-state index in [0.717, 1.165) is 0 Å². The summed E-state index contributed by atoms with van der Waals surface area (Å²) in [6.45, 7) is 0. The summed E-state index contributed by atoms with van der Waals surface area (Å²) in [5, 5.41) is 16.3. The van der Waals surface area contributed by atoms with Gasteiger partial charge < -0.3 is 19.7 Å². The third-order valence-electron chi connectivity index (χ3n) is 1.46. The Hall–Kier alpha value is -1.98. The lowest BCUT2D eigenvalue weighted by atomic mass is 10.2. The number of carbonyl (C=O) groups is 2. The maximum Gasteiger partial charge on any atom is 0.303 e. The average Bonchev–Trinajstić information content (AvgIpc) is 2.27. The number of carboxylic acid groups (broad SMARTS) is 2. The predicted octanol–water partition coefficient (Wildman–Crippen LogP) is 1.69. The van der Waals surface area contributed by atoms with Crippen molar-refractivity contribution in [3.63, 3.8) is 0 Å². The molecule has 16 heavy (non-hydrogen) atoms. The molecular formula is C10H14O6. The van der Waals surface area contributed by atoms with Crippen LogP contribution >= 0.6 is 0 Å². The Bertz CT molecular complexity index is 232. The predicted molar refractivity (Wildman–Crippen MR) is 54.2 cm³/mol. The van der Waals surface area contributed by atoms with Gasteiger partial charge in [0.15, 0.2) is 0 Å². The Balaban J connectivity index is 0.000000315. The molecule has 1 aliphatic rings. The monoisotopic (exact) mass is 230 g/mol. The summed E-state index contributed by atoms with van der Waals surface area (Å²) in [4.78, 5) is 19.8. The number of carboxylic acids is 2. The van der Waals surface area contributed by atoms with E-state index in [2.05, 4.69) is 9.47 Å². The molecule has 0 saturated carbocycles. The zero-order valence-electron chi connectivity index (χ0n) is 8.67. The first-order valence-corrected chi connectivity index (χ1v) is 4.67. The summed E-state index contributed by atoms with van der Waals surface area (Å²) < 4.78 is 9.17. The van der Waals surface area contributed by atoms with Gasteiger partial charge in [-0.15, -0.1) is 0 Å². The normalized spacial score (nSPS) is 11.8. The maximum atomic E-state index is 9.90. The first-order valence-electron chi connectivity index (χ1n) is 4.67. The van der Waals surface area contributed by atoms with Gasteiger partial charge in [-0.25, -0.2) is 0 Å². The molecule has 0 spiro atoms. The van der Waals surface area contributed by atoms with Crippen LogP contribution in [0.25, 0.3) is 0 Å². The highest BCUT2D eigenvalue weighted by Crippen LogP contribution is 1.98. The van der Waals surface area contributed by atoms with E-state index in [1.807, 2.05) is 0 Å². The third-order valence-corrected chi connectivity index (χ3v) is 1.46. The highest BCUT2D eigenvalue weighted by molar-refractivity contribution is 5.67. The van der Waals surface area contributed by atoms with Crippen LogP contribution in [0.5, 0.6) is 0 Å². The summed E-state index contributed by atoms with van der Waals surface area (Å²) in [5.74, 6) is -1.74. The zero-order valence-corrected chi connectivity index (χ0v) is 8.67. The highest BCUT2D eigenvalue weighted by Gasteiger charge is 1.99. The van der Waals surface area contributed by atoms with Crippen LogP contribution < -0.4 is 0 Å². The van der Waals surface area contributed by atoms with Crippen LogP contribution in [-0.4, -0.2) is 22.2 Å². The fourth-order valence-corrected chi connectivity index (χ4v) is 0.771. The Morgan fingerprint density at radius 1 is 0.812 bits per heavy atom. The van der Waals surface area contributed by atoms with E-state index in [1.54, 1.807) is 0 Å². The molecular weight excluding hydrogens is 216 g/mol. The van der Waals surface area contributed by atoms with Gasteiger partial charge in [-0.2, -0.15) is 0 Å². The second kappa shape index (κ2) is 9.57. The fourth-order valence-electron chi connectivity index (χ4n) is 0.771. The van der Waals surface area contributed by atoms with Crippen molar-refractivity contribution in [2.75, 3.05) is 0 Å². The smallest absolute Gasteiger partial charge is 0.303 e. The molecule has 0 bridgehead atoms. The third kappa shape index (κ3) is 12.0. The van der Waals surface area contributed by atoms with Crippen molar-refractivity contribution in [3.05, 3.63) is 25.0 Å².